The van der Waals surface area contributed by atoms with Gasteiger partial charge in [0.2, 0.25) is 15.9 Å². The van der Waals surface area contributed by atoms with Crippen LogP contribution in [0.2, 0.25) is 0 Å². The van der Waals surface area contributed by atoms with Crippen LogP contribution in [0.5, 0.6) is 0 Å². The zero-order valence-electron chi connectivity index (χ0n) is 12.1. The molecule has 0 fully saturated rings. The topological polar surface area (TPSA) is 110 Å². The average Bonchev–Trinajstić information content (AvgIpc) is 2.76. The van der Waals surface area contributed by atoms with Crippen LogP contribution in [0.1, 0.15) is 17.3 Å². The first kappa shape index (κ1) is 15.3. The van der Waals surface area contributed by atoms with Gasteiger partial charge in [0.1, 0.15) is 10.7 Å². The molecule has 0 saturated heterocycles. The Hall–Kier alpha value is -2.06. The molecule has 0 atom stereocenters. The summed E-state index contributed by atoms with van der Waals surface area (Å²) in [5.41, 5.74) is 7.28. The van der Waals surface area contributed by atoms with Crippen molar-refractivity contribution in [2.45, 2.75) is 25.3 Å². The van der Waals surface area contributed by atoms with Crippen LogP contribution in [0.15, 0.2) is 27.5 Å². The third-order valence-electron chi connectivity index (χ3n) is 3.07. The predicted octanol–water partition coefficient (Wildman–Crippen LogP) is 1.39. The highest BCUT2D eigenvalue weighted by Gasteiger charge is 2.17. The van der Waals surface area contributed by atoms with Gasteiger partial charge in [0.25, 0.3) is 0 Å². The summed E-state index contributed by atoms with van der Waals surface area (Å²) in [6.07, 6.45) is 0. The molecule has 2 aromatic rings. The highest BCUT2D eigenvalue weighted by Crippen LogP contribution is 2.24. The smallest absolute Gasteiger partial charge is 0.242 e. The van der Waals surface area contributed by atoms with Crippen LogP contribution in [-0.2, 0) is 16.6 Å². The molecule has 0 aliphatic carbocycles. The first-order valence-corrected chi connectivity index (χ1v) is 7.81. The number of anilines is 2. The molecule has 0 unspecified atom stereocenters. The summed E-state index contributed by atoms with van der Waals surface area (Å²) in [4.78, 5) is 4.32. The molecule has 114 valence electrons. The SMILES string of the molecule is CNS(=O)(=O)c1cc(N)ccc1NCc1nc(C)c(C)o1. The molecule has 1 aromatic heterocycles. The molecule has 2 rings (SSSR count). The Bertz CT molecular complexity index is 733. The second-order valence-electron chi connectivity index (χ2n) is 4.57. The molecule has 1 heterocycles. The van der Waals surface area contributed by atoms with Crippen LogP contribution in [0.4, 0.5) is 11.4 Å². The van der Waals surface area contributed by atoms with Crippen molar-refractivity contribution >= 4 is 21.4 Å². The fourth-order valence-electron chi connectivity index (χ4n) is 1.80. The van der Waals surface area contributed by atoms with Gasteiger partial charge in [-0.1, -0.05) is 0 Å². The minimum absolute atomic E-state index is 0.0880. The average molecular weight is 310 g/mol. The first-order chi connectivity index (χ1) is 9.83. The number of aromatic nitrogens is 1. The molecule has 0 spiro atoms. The molecule has 0 bridgehead atoms. The van der Waals surface area contributed by atoms with E-state index in [1.54, 1.807) is 12.1 Å². The van der Waals surface area contributed by atoms with E-state index in [4.69, 9.17) is 10.2 Å². The summed E-state index contributed by atoms with van der Waals surface area (Å²) in [6.45, 7) is 3.96. The quantitative estimate of drug-likeness (QED) is 0.720. The molecule has 0 saturated carbocycles. The maximum Gasteiger partial charge on any atom is 0.242 e. The highest BCUT2D eigenvalue weighted by molar-refractivity contribution is 7.89. The summed E-state index contributed by atoms with van der Waals surface area (Å²) in [6, 6.07) is 4.64. The van der Waals surface area contributed by atoms with Crippen LogP contribution >= 0.6 is 0 Å². The van der Waals surface area contributed by atoms with Gasteiger partial charge in [0, 0.05) is 5.69 Å². The number of hydrogen-bond donors (Lipinski definition) is 3. The normalized spacial score (nSPS) is 11.6. The van der Waals surface area contributed by atoms with Gasteiger partial charge < -0.3 is 15.5 Å². The number of oxazole rings is 1. The second-order valence-corrected chi connectivity index (χ2v) is 6.42. The molecule has 8 heteroatoms. The van der Waals surface area contributed by atoms with E-state index in [2.05, 4.69) is 15.0 Å². The van der Waals surface area contributed by atoms with Crippen molar-refractivity contribution in [3.8, 4) is 0 Å². The monoisotopic (exact) mass is 310 g/mol. The number of aryl methyl sites for hydroxylation is 2. The Balaban J connectivity index is 2.28. The van der Waals surface area contributed by atoms with Crippen molar-refractivity contribution in [3.05, 3.63) is 35.5 Å². The van der Waals surface area contributed by atoms with E-state index in [0.717, 1.165) is 11.5 Å². The minimum Gasteiger partial charge on any atom is -0.444 e. The molecule has 0 aliphatic heterocycles. The molecule has 1 aromatic carbocycles. The lowest BCUT2D eigenvalue weighted by molar-refractivity contribution is 0.478. The minimum atomic E-state index is -3.60. The van der Waals surface area contributed by atoms with Crippen LogP contribution in [0.25, 0.3) is 0 Å². The fourth-order valence-corrected chi connectivity index (χ4v) is 2.74. The van der Waals surface area contributed by atoms with Gasteiger partial charge in [0.15, 0.2) is 0 Å². The van der Waals surface area contributed by atoms with Gasteiger partial charge in [-0.15, -0.1) is 0 Å². The van der Waals surface area contributed by atoms with Crippen LogP contribution in [0.3, 0.4) is 0 Å². The van der Waals surface area contributed by atoms with Crippen molar-refractivity contribution in [1.82, 2.24) is 9.71 Å². The molecule has 0 aliphatic rings. The summed E-state index contributed by atoms with van der Waals surface area (Å²) >= 11 is 0. The predicted molar refractivity (Wildman–Crippen MR) is 80.4 cm³/mol. The summed E-state index contributed by atoms with van der Waals surface area (Å²) in [5, 5.41) is 3.01. The number of nitrogen functional groups attached to an aromatic ring is 1. The largest absolute Gasteiger partial charge is 0.444 e. The Morgan fingerprint density at radius 2 is 2.05 bits per heavy atom. The number of sulfonamides is 1. The van der Waals surface area contributed by atoms with E-state index in [1.807, 2.05) is 13.8 Å². The van der Waals surface area contributed by atoms with E-state index in [0.29, 0.717) is 17.3 Å². The van der Waals surface area contributed by atoms with Crippen molar-refractivity contribution in [2.75, 3.05) is 18.1 Å². The van der Waals surface area contributed by atoms with E-state index in [9.17, 15) is 8.42 Å². The van der Waals surface area contributed by atoms with Crippen molar-refractivity contribution in [3.63, 3.8) is 0 Å². The summed E-state index contributed by atoms with van der Waals surface area (Å²) in [5.74, 6) is 1.24. The summed E-state index contributed by atoms with van der Waals surface area (Å²) in [7, 11) is -2.25. The van der Waals surface area contributed by atoms with E-state index < -0.39 is 10.0 Å². The zero-order valence-corrected chi connectivity index (χ0v) is 12.9. The lowest BCUT2D eigenvalue weighted by Gasteiger charge is -2.11. The van der Waals surface area contributed by atoms with Crippen LogP contribution < -0.4 is 15.8 Å². The van der Waals surface area contributed by atoms with Crippen molar-refractivity contribution < 1.29 is 12.8 Å². The standard InChI is InChI=1S/C13H18N4O3S/c1-8-9(2)20-13(17-8)7-16-11-5-4-10(14)6-12(11)21(18,19)15-3/h4-6,15-16H,7,14H2,1-3H3. The number of rotatable bonds is 5. The van der Waals surface area contributed by atoms with Gasteiger partial charge in [-0.2, -0.15) is 0 Å². The van der Waals surface area contributed by atoms with Gasteiger partial charge in [-0.25, -0.2) is 18.1 Å². The Kier molecular flexibility index (Phi) is 4.19. The fraction of sp³-hybridized carbons (Fsp3) is 0.308. The third-order valence-corrected chi connectivity index (χ3v) is 4.52. The Morgan fingerprint density at radius 1 is 1.33 bits per heavy atom. The summed E-state index contributed by atoms with van der Waals surface area (Å²) < 4.78 is 31.7. The van der Waals surface area contributed by atoms with E-state index in [1.165, 1.54) is 13.1 Å². The maximum atomic E-state index is 12.0. The van der Waals surface area contributed by atoms with Crippen molar-refractivity contribution in [1.29, 1.82) is 0 Å². The van der Waals surface area contributed by atoms with Gasteiger partial charge in [-0.05, 0) is 39.1 Å². The lowest BCUT2D eigenvalue weighted by Crippen LogP contribution is -2.20. The molecule has 21 heavy (non-hydrogen) atoms. The zero-order chi connectivity index (χ0) is 15.6. The number of nitrogens with two attached hydrogens (primary N) is 1. The third kappa shape index (κ3) is 3.34. The molecular weight excluding hydrogens is 292 g/mol. The van der Waals surface area contributed by atoms with Crippen LogP contribution in [-0.4, -0.2) is 20.4 Å². The molecule has 7 nitrogen and oxygen atoms in total. The maximum absolute atomic E-state index is 12.0. The number of nitrogens with zero attached hydrogens (tertiary/aromatic N) is 1. The Morgan fingerprint density at radius 3 is 2.62 bits per heavy atom. The Labute approximate surface area is 123 Å². The van der Waals surface area contributed by atoms with Gasteiger partial charge >= 0.3 is 0 Å². The van der Waals surface area contributed by atoms with Gasteiger partial charge in [-0.3, -0.25) is 0 Å². The van der Waals surface area contributed by atoms with E-state index in [-0.39, 0.29) is 11.4 Å². The molecule has 0 amide bonds. The second kappa shape index (κ2) is 5.74. The number of nitrogens with one attached hydrogen (secondary N) is 2. The lowest BCUT2D eigenvalue weighted by atomic mass is 10.3. The number of benzene rings is 1. The molecular formula is C13H18N4O3S. The first-order valence-electron chi connectivity index (χ1n) is 6.33. The van der Waals surface area contributed by atoms with Crippen LogP contribution in [0, 0.1) is 13.8 Å². The van der Waals surface area contributed by atoms with Gasteiger partial charge in [0.05, 0.1) is 17.9 Å². The van der Waals surface area contributed by atoms with Crippen molar-refractivity contribution in [2.24, 2.45) is 0 Å². The number of hydrogen-bond acceptors (Lipinski definition) is 6. The van der Waals surface area contributed by atoms with E-state index >= 15 is 0 Å². The molecule has 0 radical (unpaired) electrons. The molecule has 4 N–H and O–H groups in total. The highest BCUT2D eigenvalue weighted by atomic mass is 32.2.